The summed E-state index contributed by atoms with van der Waals surface area (Å²) in [4.78, 5) is 28.0. The van der Waals surface area contributed by atoms with Gasteiger partial charge in [0.15, 0.2) is 5.65 Å². The Hall–Kier alpha value is -3.80. The Morgan fingerprint density at radius 2 is 2.10 bits per heavy atom. The van der Waals surface area contributed by atoms with Crippen LogP contribution in [-0.2, 0) is 4.79 Å². The topological polar surface area (TPSA) is 112 Å². The van der Waals surface area contributed by atoms with Gasteiger partial charge in [-0.25, -0.2) is 18.7 Å². The molecule has 2 aliphatic rings. The molecule has 2 aromatic heterocycles. The number of carbonyl (C=O) groups is 2. The van der Waals surface area contributed by atoms with Crippen LogP contribution in [0, 0.1) is 17.1 Å². The first-order chi connectivity index (χ1) is 14.0. The Bertz CT molecular complexity index is 1210. The highest BCUT2D eigenvalue weighted by atomic mass is 19.1. The fourth-order valence-corrected chi connectivity index (χ4v) is 3.93. The van der Waals surface area contributed by atoms with Gasteiger partial charge in [-0.15, -0.1) is 0 Å². The zero-order valence-electron chi connectivity index (χ0n) is 15.1. The Balaban J connectivity index is 1.50. The second-order valence-electron chi connectivity index (χ2n) is 7.27. The van der Waals surface area contributed by atoms with Crippen LogP contribution in [0.5, 0.6) is 0 Å². The van der Waals surface area contributed by atoms with Crippen LogP contribution in [0.15, 0.2) is 36.7 Å². The van der Waals surface area contributed by atoms with Gasteiger partial charge in [0.2, 0.25) is 5.91 Å². The number of nitrogens with zero attached hydrogens (tertiary/aromatic N) is 4. The number of urea groups is 1. The molecule has 0 bridgehead atoms. The minimum absolute atomic E-state index is 0.0261. The average molecular weight is 390 g/mol. The molecule has 8 nitrogen and oxygen atoms in total. The van der Waals surface area contributed by atoms with Crippen LogP contribution in [-0.4, -0.2) is 33.1 Å². The molecule has 144 valence electrons. The fraction of sp³-hybridized carbons (Fsp3) is 0.250. The van der Waals surface area contributed by atoms with Crippen LogP contribution in [0.4, 0.5) is 9.18 Å². The number of nitrogens with one attached hydrogen (secondary N) is 2. The first-order valence-electron chi connectivity index (χ1n) is 9.17. The Labute approximate surface area is 164 Å². The third-order valence-corrected chi connectivity index (χ3v) is 5.52. The van der Waals surface area contributed by atoms with E-state index < -0.39 is 23.7 Å². The van der Waals surface area contributed by atoms with Gasteiger partial charge in [-0.2, -0.15) is 10.4 Å². The number of rotatable bonds is 3. The summed E-state index contributed by atoms with van der Waals surface area (Å²) < 4.78 is 15.7. The number of hydrogen-bond acceptors (Lipinski definition) is 5. The van der Waals surface area contributed by atoms with E-state index in [4.69, 9.17) is 5.26 Å². The zero-order valence-corrected chi connectivity index (χ0v) is 15.1. The van der Waals surface area contributed by atoms with Crippen molar-refractivity contribution < 1.29 is 14.0 Å². The van der Waals surface area contributed by atoms with E-state index in [2.05, 4.69) is 20.7 Å². The molecule has 9 heteroatoms. The Morgan fingerprint density at radius 1 is 1.24 bits per heavy atom. The molecule has 0 radical (unpaired) electrons. The normalized spacial score (nSPS) is 23.4. The molecule has 1 saturated heterocycles. The molecule has 3 aromatic rings. The number of hydrogen-bond donors (Lipinski definition) is 2. The molecule has 3 heterocycles. The maximum atomic E-state index is 14.0. The van der Waals surface area contributed by atoms with E-state index in [-0.39, 0.29) is 23.9 Å². The second kappa shape index (κ2) is 6.38. The smallest absolute Gasteiger partial charge is 0.321 e. The molecule has 1 aromatic carbocycles. The van der Waals surface area contributed by atoms with Gasteiger partial charge in [0.1, 0.15) is 11.9 Å². The Kier molecular flexibility index (Phi) is 3.81. The third kappa shape index (κ3) is 2.89. The highest BCUT2D eigenvalue weighted by Gasteiger charge is 2.42. The van der Waals surface area contributed by atoms with E-state index in [0.717, 1.165) is 17.5 Å². The van der Waals surface area contributed by atoms with Crippen LogP contribution in [0.25, 0.3) is 5.65 Å². The highest BCUT2D eigenvalue weighted by molar-refractivity contribution is 6.00. The number of nitriles is 1. The minimum Gasteiger partial charge on any atom is -0.337 e. The van der Waals surface area contributed by atoms with Gasteiger partial charge in [0.25, 0.3) is 0 Å². The summed E-state index contributed by atoms with van der Waals surface area (Å²) in [5, 5.41) is 18.3. The van der Waals surface area contributed by atoms with Gasteiger partial charge in [-0.05, 0) is 42.0 Å². The van der Waals surface area contributed by atoms with Crippen LogP contribution >= 0.6 is 0 Å². The van der Waals surface area contributed by atoms with Gasteiger partial charge in [0.05, 0.1) is 17.2 Å². The van der Waals surface area contributed by atoms with Crippen molar-refractivity contribution in [2.45, 2.75) is 24.2 Å². The van der Waals surface area contributed by atoms with Crippen LogP contribution in [0.3, 0.4) is 0 Å². The molecule has 1 unspecified atom stereocenters. The number of carbonyl (C=O) groups excluding carboxylic acids is 2. The molecule has 1 aliphatic carbocycles. The van der Waals surface area contributed by atoms with Crippen molar-refractivity contribution >= 4 is 17.6 Å². The number of imidazole rings is 1. The first kappa shape index (κ1) is 17.3. The maximum absolute atomic E-state index is 14.0. The van der Waals surface area contributed by atoms with Crippen molar-refractivity contribution in [3.63, 3.8) is 0 Å². The lowest BCUT2D eigenvalue weighted by atomic mass is 9.98. The molecular formula is C20H15FN6O2. The van der Waals surface area contributed by atoms with Crippen LogP contribution in [0.2, 0.25) is 0 Å². The van der Waals surface area contributed by atoms with Crippen molar-refractivity contribution in [3.05, 3.63) is 64.9 Å². The van der Waals surface area contributed by atoms with Crippen LogP contribution < -0.4 is 10.6 Å². The molecule has 3 atom stereocenters. The quantitative estimate of drug-likeness (QED) is 0.710. The maximum Gasteiger partial charge on any atom is 0.321 e. The summed E-state index contributed by atoms with van der Waals surface area (Å²) in [6, 6.07) is 7.87. The highest BCUT2D eigenvalue weighted by Crippen LogP contribution is 2.55. The summed E-state index contributed by atoms with van der Waals surface area (Å²) in [6.45, 7) is 0.173. The third-order valence-electron chi connectivity index (χ3n) is 5.52. The van der Waals surface area contributed by atoms with E-state index in [9.17, 15) is 14.0 Å². The molecule has 2 N–H and O–H groups in total. The second-order valence-corrected chi connectivity index (χ2v) is 7.27. The van der Waals surface area contributed by atoms with Crippen molar-refractivity contribution in [1.29, 1.82) is 5.26 Å². The Morgan fingerprint density at radius 3 is 2.86 bits per heavy atom. The molecule has 1 saturated carbocycles. The van der Waals surface area contributed by atoms with E-state index in [1.54, 1.807) is 23.0 Å². The van der Waals surface area contributed by atoms with Crippen LogP contribution in [0.1, 0.15) is 46.6 Å². The minimum atomic E-state index is -0.595. The molecule has 2 fully saturated rings. The molecule has 29 heavy (non-hydrogen) atoms. The largest absolute Gasteiger partial charge is 0.337 e. The van der Waals surface area contributed by atoms with Crippen molar-refractivity contribution in [3.8, 4) is 6.07 Å². The van der Waals surface area contributed by atoms with E-state index in [1.165, 1.54) is 12.1 Å². The van der Waals surface area contributed by atoms with Crippen molar-refractivity contribution in [2.75, 3.05) is 6.54 Å². The van der Waals surface area contributed by atoms with E-state index in [1.807, 2.05) is 12.1 Å². The van der Waals surface area contributed by atoms with Gasteiger partial charge in [-0.3, -0.25) is 10.1 Å². The van der Waals surface area contributed by atoms with E-state index >= 15 is 0 Å². The molecule has 3 amide bonds. The number of aromatic nitrogens is 3. The molecule has 1 aliphatic heterocycles. The monoisotopic (exact) mass is 390 g/mol. The number of benzene rings is 1. The number of fused-ring (bicyclic) bond motifs is 1. The summed E-state index contributed by atoms with van der Waals surface area (Å²) in [5.41, 5.74) is 3.02. The summed E-state index contributed by atoms with van der Waals surface area (Å²) in [6.07, 6.45) is 4.16. The van der Waals surface area contributed by atoms with Crippen molar-refractivity contribution in [1.82, 2.24) is 25.2 Å². The molecular weight excluding hydrogens is 375 g/mol. The number of halogens is 1. The SMILES string of the molecule is N#Cc1ccc([C@H]2C[C@@H]2c2cc(C3CNC(=O)NC3=O)nn3ccnc23)cc1F. The van der Waals surface area contributed by atoms with Crippen molar-refractivity contribution in [2.24, 2.45) is 0 Å². The van der Waals surface area contributed by atoms with Gasteiger partial charge in [0, 0.05) is 24.5 Å². The lowest BCUT2D eigenvalue weighted by Crippen LogP contribution is -2.51. The van der Waals surface area contributed by atoms with Gasteiger partial charge in [-0.1, -0.05) is 6.07 Å². The fourth-order valence-electron chi connectivity index (χ4n) is 3.93. The predicted octanol–water partition coefficient (Wildman–Crippen LogP) is 1.93. The lowest BCUT2D eigenvalue weighted by Gasteiger charge is -2.22. The summed E-state index contributed by atoms with van der Waals surface area (Å²) in [5.74, 6) is -1.30. The number of amides is 3. The standard InChI is InChI=1S/C20H15FN6O2/c21-16-5-10(1-2-11(16)8-22)12-6-13(12)14-7-17(26-27-4-3-23-18(14)27)15-9-24-20(29)25-19(15)28/h1-5,7,12-13,15H,6,9H2,(H2,24,25,28,29)/t12-,13+,15?/m1/s1. The number of imide groups is 1. The van der Waals surface area contributed by atoms with E-state index in [0.29, 0.717) is 11.3 Å². The first-order valence-corrected chi connectivity index (χ1v) is 9.17. The predicted molar refractivity (Wildman–Crippen MR) is 98.5 cm³/mol. The summed E-state index contributed by atoms with van der Waals surface area (Å²) >= 11 is 0. The zero-order chi connectivity index (χ0) is 20.1. The summed E-state index contributed by atoms with van der Waals surface area (Å²) in [7, 11) is 0. The average Bonchev–Trinajstić information content (AvgIpc) is 3.36. The molecule has 5 rings (SSSR count). The van der Waals surface area contributed by atoms with Gasteiger partial charge < -0.3 is 5.32 Å². The van der Waals surface area contributed by atoms with Gasteiger partial charge >= 0.3 is 6.03 Å². The lowest BCUT2D eigenvalue weighted by molar-refractivity contribution is -0.122. The molecule has 0 spiro atoms.